The van der Waals surface area contributed by atoms with Gasteiger partial charge >= 0.3 is 256 Å². The van der Waals surface area contributed by atoms with Crippen molar-refractivity contribution in [2.75, 3.05) is 22.9 Å². The Morgan fingerprint density at radius 2 is 1.02 bits per heavy atom. The molecule has 1 saturated heterocycles. The second kappa shape index (κ2) is 10.8. The van der Waals surface area contributed by atoms with Gasteiger partial charge in [0.15, 0.2) is 0 Å². The van der Waals surface area contributed by atoms with Crippen molar-refractivity contribution < 1.29 is 11.9 Å². The molecular formula is C36H36Cl2N2Ru-4. The van der Waals surface area contributed by atoms with Gasteiger partial charge in [0.1, 0.15) is 0 Å². The molecule has 0 atom stereocenters. The summed E-state index contributed by atoms with van der Waals surface area (Å²) < 4.78 is 2.14. The van der Waals surface area contributed by atoms with Gasteiger partial charge in [-0.15, -0.1) is 0 Å². The maximum absolute atomic E-state index is 7.92. The third kappa shape index (κ3) is 4.87. The van der Waals surface area contributed by atoms with E-state index in [0.29, 0.717) is 0 Å². The fourth-order valence-corrected chi connectivity index (χ4v) is 13.6. The first-order valence-electron chi connectivity index (χ1n) is 14.0. The van der Waals surface area contributed by atoms with Crippen molar-refractivity contribution >= 4 is 44.8 Å². The van der Waals surface area contributed by atoms with Crippen LogP contribution < -0.4 is 9.80 Å². The second-order valence-corrected chi connectivity index (χ2v) is 20.5. The van der Waals surface area contributed by atoms with E-state index < -0.39 is 11.9 Å². The zero-order chi connectivity index (χ0) is 29.1. The molecule has 216 valence electrons. The van der Waals surface area contributed by atoms with E-state index in [1.807, 2.05) is 0 Å². The minimum absolute atomic E-state index is 0.832. The maximum atomic E-state index is 7.92. The van der Waals surface area contributed by atoms with Crippen molar-refractivity contribution in [2.45, 2.75) is 41.5 Å². The number of aryl methyl sites for hydroxylation is 6. The van der Waals surface area contributed by atoms with Crippen molar-refractivity contribution in [3.05, 3.63) is 135 Å². The average Bonchev–Trinajstić information content (AvgIpc) is 3.51. The first-order chi connectivity index (χ1) is 19.6. The molecule has 1 fully saturated rings. The van der Waals surface area contributed by atoms with Gasteiger partial charge in [-0.3, -0.25) is 0 Å². The number of allylic oxidation sites excluding steroid dienone is 1. The van der Waals surface area contributed by atoms with Crippen LogP contribution in [0.15, 0.2) is 84.9 Å². The van der Waals surface area contributed by atoms with Gasteiger partial charge in [-0.25, -0.2) is 0 Å². The van der Waals surface area contributed by atoms with Gasteiger partial charge in [0.25, 0.3) is 0 Å². The Kier molecular flexibility index (Phi) is 7.43. The van der Waals surface area contributed by atoms with Gasteiger partial charge < -0.3 is 0 Å². The summed E-state index contributed by atoms with van der Waals surface area (Å²) in [5, 5.41) is 0. The van der Waals surface area contributed by atoms with Crippen molar-refractivity contribution in [3.8, 4) is 0 Å². The number of hydrogen-bond donors (Lipinski definition) is 0. The van der Waals surface area contributed by atoms with Gasteiger partial charge in [0.2, 0.25) is 0 Å². The van der Waals surface area contributed by atoms with E-state index in [1.54, 1.807) is 0 Å². The Labute approximate surface area is 254 Å². The molecular weight excluding hydrogens is 632 g/mol. The summed E-state index contributed by atoms with van der Waals surface area (Å²) in [6.45, 7) is 14.8. The summed E-state index contributed by atoms with van der Waals surface area (Å²) in [7, 11) is 15.8. The standard InChI is InChI=1S/C21H26N2.C15H10.2ClH.Ru/c1-14-9-16(3)20(17(4)10-14)22-7-8-23(13-22)21-18(5)11-15(2)12-19(21)6;1-2-6-12(7-3-1)15-11-10-13-8-4-5-9-14(13)15;;;/h9-12H,7-8H2,1-6H3;1-9,11H;2*1H;/q;;;;-2/p-2. The zero-order valence-electron chi connectivity index (χ0n) is 24.5. The first kappa shape index (κ1) is 28.3. The monoisotopic (exact) mass is 668 g/mol. The number of nitrogens with zero attached hydrogens (tertiary/aromatic N) is 2. The van der Waals surface area contributed by atoms with Crippen LogP contribution in [-0.4, -0.2) is 21.6 Å². The summed E-state index contributed by atoms with van der Waals surface area (Å²) >= 11 is -3.77. The fraction of sp³-hybridized carbons (Fsp3) is 0.222. The number of anilines is 2. The summed E-state index contributed by atoms with van der Waals surface area (Å²) in [6.07, 6.45) is 2.28. The third-order valence-electron chi connectivity index (χ3n) is 8.05. The Hall–Kier alpha value is -2.84. The van der Waals surface area contributed by atoms with Crippen LogP contribution in [0.3, 0.4) is 0 Å². The Morgan fingerprint density at radius 3 is 1.51 bits per heavy atom. The molecule has 0 radical (unpaired) electrons. The predicted octanol–water partition coefficient (Wildman–Crippen LogP) is 9.08. The van der Waals surface area contributed by atoms with Crippen molar-refractivity contribution in [1.29, 1.82) is 0 Å². The SMILES string of the molecule is Cc1cc(C)c(N2CCN(c3c(C)cc(C)cc3C)[C]2=[Ru-4]([Cl])([Cl])=[C]2C=C(c3ccccc3)c3ccccc32)c(C)c1. The molecule has 0 N–H and O–H groups in total. The number of fused-ring (bicyclic) bond motifs is 1. The fourth-order valence-electron chi connectivity index (χ4n) is 6.69. The summed E-state index contributed by atoms with van der Waals surface area (Å²) in [6, 6.07) is 28.2. The second-order valence-electron chi connectivity index (χ2n) is 11.3. The molecule has 6 rings (SSSR count). The van der Waals surface area contributed by atoms with Crippen LogP contribution in [0.2, 0.25) is 0 Å². The van der Waals surface area contributed by atoms with Gasteiger partial charge in [-0.2, -0.15) is 0 Å². The Bertz CT molecular complexity index is 1740. The van der Waals surface area contributed by atoms with E-state index in [4.69, 9.17) is 19.4 Å². The molecule has 2 nitrogen and oxygen atoms in total. The molecule has 5 heteroatoms. The van der Waals surface area contributed by atoms with E-state index in [0.717, 1.165) is 27.1 Å². The molecule has 0 bridgehead atoms. The summed E-state index contributed by atoms with van der Waals surface area (Å²) in [5.41, 5.74) is 14.7. The Morgan fingerprint density at radius 1 is 0.585 bits per heavy atom. The zero-order valence-corrected chi connectivity index (χ0v) is 27.8. The van der Waals surface area contributed by atoms with Crippen LogP contribution in [-0.2, 0) is 11.9 Å². The molecule has 0 unspecified atom stereocenters. The Balaban J connectivity index is 1.73. The van der Waals surface area contributed by atoms with Crippen LogP contribution >= 0.6 is 19.4 Å². The van der Waals surface area contributed by atoms with Gasteiger partial charge in [0.05, 0.1) is 0 Å². The van der Waals surface area contributed by atoms with Gasteiger partial charge in [-0.1, -0.05) is 0 Å². The first-order valence-corrected chi connectivity index (χ1v) is 20.2. The number of benzene rings is 4. The number of rotatable bonds is 3. The van der Waals surface area contributed by atoms with Crippen LogP contribution in [0.5, 0.6) is 0 Å². The van der Waals surface area contributed by atoms with E-state index in [1.165, 1.54) is 61.5 Å². The van der Waals surface area contributed by atoms with Crippen LogP contribution in [0.4, 0.5) is 11.4 Å². The summed E-state index contributed by atoms with van der Waals surface area (Å²) in [4.78, 5) is 4.89. The van der Waals surface area contributed by atoms with Gasteiger partial charge in [-0.05, 0) is 0 Å². The molecule has 4 aromatic rings. The van der Waals surface area contributed by atoms with Crippen molar-refractivity contribution in [3.63, 3.8) is 0 Å². The van der Waals surface area contributed by atoms with E-state index >= 15 is 0 Å². The molecule has 0 spiro atoms. The van der Waals surface area contributed by atoms with E-state index in [9.17, 15) is 0 Å². The molecule has 41 heavy (non-hydrogen) atoms. The van der Waals surface area contributed by atoms with Crippen LogP contribution in [0, 0.1) is 41.5 Å². The summed E-state index contributed by atoms with van der Waals surface area (Å²) in [5.74, 6) is 0. The molecule has 1 aliphatic carbocycles. The average molecular weight is 669 g/mol. The molecule has 0 aromatic heterocycles. The molecule has 2 aliphatic rings. The molecule has 1 heterocycles. The molecule has 0 saturated carbocycles. The predicted molar refractivity (Wildman–Crippen MR) is 177 cm³/mol. The van der Waals surface area contributed by atoms with Gasteiger partial charge in [0, 0.05) is 0 Å². The van der Waals surface area contributed by atoms with E-state index in [-0.39, 0.29) is 0 Å². The minimum atomic E-state index is -3.77. The topological polar surface area (TPSA) is 6.48 Å². The molecule has 1 aliphatic heterocycles. The quantitative estimate of drug-likeness (QED) is 0.201. The van der Waals surface area contributed by atoms with Crippen LogP contribution in [0.25, 0.3) is 5.57 Å². The van der Waals surface area contributed by atoms with E-state index in [2.05, 4.69) is 136 Å². The third-order valence-corrected chi connectivity index (χ3v) is 15.0. The van der Waals surface area contributed by atoms with Crippen molar-refractivity contribution in [2.24, 2.45) is 0 Å². The number of halogens is 2. The molecule has 0 amide bonds. The van der Waals surface area contributed by atoms with Crippen LogP contribution in [0.1, 0.15) is 50.1 Å². The normalized spacial score (nSPS) is 15.5. The number of hydrogen-bond acceptors (Lipinski definition) is 2. The molecule has 4 aromatic carbocycles. The van der Waals surface area contributed by atoms with Crippen molar-refractivity contribution in [1.82, 2.24) is 0 Å².